The Morgan fingerprint density at radius 2 is 2.07 bits per heavy atom. The minimum atomic E-state index is -0.105. The van der Waals surface area contributed by atoms with E-state index in [1.54, 1.807) is 7.11 Å². The number of methoxy groups -OCH3 is 1. The summed E-state index contributed by atoms with van der Waals surface area (Å²) in [6.07, 6.45) is 0.353. The van der Waals surface area contributed by atoms with Crippen molar-refractivity contribution in [3.8, 4) is 28.5 Å². The lowest BCUT2D eigenvalue weighted by atomic mass is 9.89. The van der Waals surface area contributed by atoms with Gasteiger partial charge in [-0.2, -0.15) is 4.37 Å². The van der Waals surface area contributed by atoms with Gasteiger partial charge in [0.1, 0.15) is 5.69 Å². The molecule has 6 nitrogen and oxygen atoms in total. The second-order valence-corrected chi connectivity index (χ2v) is 7.20. The van der Waals surface area contributed by atoms with E-state index in [2.05, 4.69) is 9.69 Å². The summed E-state index contributed by atoms with van der Waals surface area (Å²) in [7, 11) is 1.60. The number of benzene rings is 2. The molecule has 1 atom stereocenters. The van der Waals surface area contributed by atoms with Crippen LogP contribution >= 0.6 is 11.5 Å². The first-order valence-corrected chi connectivity index (χ1v) is 9.34. The lowest BCUT2D eigenvalue weighted by Crippen LogP contribution is -2.22. The normalized spacial score (nSPS) is 17.4. The minimum absolute atomic E-state index is 0.0264. The molecule has 0 bridgehead atoms. The van der Waals surface area contributed by atoms with Gasteiger partial charge in [0, 0.05) is 17.9 Å². The van der Waals surface area contributed by atoms with Crippen molar-refractivity contribution in [3.05, 3.63) is 52.9 Å². The second-order valence-electron chi connectivity index (χ2n) is 6.40. The number of hydrogen-bond donors (Lipinski definition) is 1. The molecule has 3 aromatic rings. The van der Waals surface area contributed by atoms with Crippen LogP contribution in [0.4, 0.5) is 5.69 Å². The predicted molar refractivity (Wildman–Crippen MR) is 102 cm³/mol. The average molecular weight is 380 g/mol. The molecule has 0 unspecified atom stereocenters. The summed E-state index contributed by atoms with van der Waals surface area (Å²) in [6, 6.07) is 13.7. The first kappa shape index (κ1) is 16.1. The van der Waals surface area contributed by atoms with Gasteiger partial charge in [-0.15, -0.1) is 0 Å². The van der Waals surface area contributed by atoms with Crippen LogP contribution in [0.1, 0.15) is 22.8 Å². The highest BCUT2D eigenvalue weighted by molar-refractivity contribution is 7.07. The summed E-state index contributed by atoms with van der Waals surface area (Å²) in [4.78, 5) is 13.5. The summed E-state index contributed by atoms with van der Waals surface area (Å²) in [5.41, 5.74) is 3.54. The molecule has 5 rings (SSSR count). The Morgan fingerprint density at radius 1 is 1.22 bits per heavy atom. The molecule has 1 N–H and O–H groups in total. The van der Waals surface area contributed by atoms with Gasteiger partial charge in [-0.3, -0.25) is 4.79 Å². The number of fused-ring (bicyclic) bond motifs is 2. The lowest BCUT2D eigenvalue weighted by Gasteiger charge is -2.23. The number of ether oxygens (including phenoxy) is 3. The molecule has 2 aromatic carbocycles. The summed E-state index contributed by atoms with van der Waals surface area (Å²) in [5.74, 6) is 1.73. The molecule has 3 heterocycles. The average Bonchev–Trinajstić information content (AvgIpc) is 3.34. The molecular formula is C20H16N2O4S. The van der Waals surface area contributed by atoms with E-state index in [9.17, 15) is 4.79 Å². The summed E-state index contributed by atoms with van der Waals surface area (Å²) in [5, 5.41) is 3.01. The largest absolute Gasteiger partial charge is 0.493 e. The molecule has 0 fully saturated rings. The van der Waals surface area contributed by atoms with Crippen LogP contribution < -0.4 is 19.5 Å². The number of nitrogens with zero attached hydrogens (tertiary/aromatic N) is 1. The quantitative estimate of drug-likeness (QED) is 0.743. The highest BCUT2D eigenvalue weighted by atomic mass is 32.1. The third-order valence-electron chi connectivity index (χ3n) is 4.82. The minimum Gasteiger partial charge on any atom is -0.493 e. The number of amides is 1. The molecule has 7 heteroatoms. The van der Waals surface area contributed by atoms with Crippen LogP contribution in [-0.2, 0) is 4.79 Å². The van der Waals surface area contributed by atoms with Gasteiger partial charge in [0.2, 0.25) is 18.4 Å². The van der Waals surface area contributed by atoms with Crippen LogP contribution in [0.15, 0.2) is 42.5 Å². The molecule has 0 radical (unpaired) electrons. The molecule has 2 aliphatic rings. The summed E-state index contributed by atoms with van der Waals surface area (Å²) < 4.78 is 21.1. The van der Waals surface area contributed by atoms with E-state index >= 15 is 0 Å². The Kier molecular flexibility index (Phi) is 3.75. The molecule has 0 saturated heterocycles. The van der Waals surface area contributed by atoms with Crippen LogP contribution in [-0.4, -0.2) is 24.2 Å². The Labute approximate surface area is 159 Å². The van der Waals surface area contributed by atoms with E-state index in [0.717, 1.165) is 27.4 Å². The Hall–Kier alpha value is -3.06. The smallest absolute Gasteiger partial charge is 0.231 e. The molecule has 1 amide bonds. The van der Waals surface area contributed by atoms with Crippen molar-refractivity contribution in [2.45, 2.75) is 12.3 Å². The van der Waals surface area contributed by atoms with Crippen molar-refractivity contribution in [3.63, 3.8) is 0 Å². The van der Waals surface area contributed by atoms with Gasteiger partial charge < -0.3 is 19.5 Å². The molecular weight excluding hydrogens is 364 g/mol. The molecule has 0 spiro atoms. The van der Waals surface area contributed by atoms with Gasteiger partial charge >= 0.3 is 0 Å². The van der Waals surface area contributed by atoms with Gasteiger partial charge in [-0.05, 0) is 29.2 Å². The summed E-state index contributed by atoms with van der Waals surface area (Å²) in [6.45, 7) is 0.171. The van der Waals surface area contributed by atoms with Gasteiger partial charge in [-0.1, -0.05) is 30.3 Å². The van der Waals surface area contributed by atoms with Crippen LogP contribution in [0.3, 0.4) is 0 Å². The van der Waals surface area contributed by atoms with Gasteiger partial charge in [-0.25, -0.2) is 0 Å². The van der Waals surface area contributed by atoms with Gasteiger partial charge in [0.15, 0.2) is 11.5 Å². The van der Waals surface area contributed by atoms with Crippen molar-refractivity contribution >= 4 is 23.1 Å². The van der Waals surface area contributed by atoms with E-state index < -0.39 is 0 Å². The molecule has 27 heavy (non-hydrogen) atoms. The molecule has 1 aromatic heterocycles. The fraction of sp³-hybridized carbons (Fsp3) is 0.200. The topological polar surface area (TPSA) is 69.7 Å². The first-order chi connectivity index (χ1) is 13.2. The third-order valence-corrected chi connectivity index (χ3v) is 5.78. The highest BCUT2D eigenvalue weighted by Gasteiger charge is 2.33. The number of rotatable bonds is 3. The number of carbonyl (C=O) groups is 1. The maximum atomic E-state index is 12.5. The van der Waals surface area contributed by atoms with Crippen molar-refractivity contribution in [2.75, 3.05) is 19.2 Å². The third kappa shape index (κ3) is 2.62. The Balaban J connectivity index is 1.62. The number of anilines is 1. The molecule has 0 aliphatic carbocycles. The van der Waals surface area contributed by atoms with Crippen LogP contribution in [0.2, 0.25) is 0 Å². The molecule has 0 saturated carbocycles. The molecule has 2 aliphatic heterocycles. The zero-order chi connectivity index (χ0) is 18.4. The number of aromatic nitrogens is 1. The van der Waals surface area contributed by atoms with E-state index in [1.807, 2.05) is 42.5 Å². The molecule has 136 valence electrons. The van der Waals surface area contributed by atoms with E-state index in [-0.39, 0.29) is 18.6 Å². The zero-order valence-electron chi connectivity index (χ0n) is 14.5. The fourth-order valence-electron chi connectivity index (χ4n) is 3.54. The summed E-state index contributed by atoms with van der Waals surface area (Å²) >= 11 is 1.42. The number of carbonyl (C=O) groups excluding carboxylic acids is 1. The van der Waals surface area contributed by atoms with E-state index in [4.69, 9.17) is 14.2 Å². The monoisotopic (exact) mass is 380 g/mol. The maximum Gasteiger partial charge on any atom is 0.231 e. The van der Waals surface area contributed by atoms with Gasteiger partial charge in [0.25, 0.3) is 0 Å². The highest BCUT2D eigenvalue weighted by Crippen LogP contribution is 2.49. The lowest BCUT2D eigenvalue weighted by molar-refractivity contribution is -0.116. The zero-order valence-corrected chi connectivity index (χ0v) is 15.3. The SMILES string of the molecule is COc1cc([C@@H]2CC(=O)Nc3c(-c4ccccc4)nsc32)cc2c1OCO2. The number of nitrogens with one attached hydrogen (secondary N) is 1. The predicted octanol–water partition coefficient (Wildman–Crippen LogP) is 4.02. The first-order valence-electron chi connectivity index (χ1n) is 8.57. The second kappa shape index (κ2) is 6.28. The van der Waals surface area contributed by atoms with Crippen LogP contribution in [0, 0.1) is 0 Å². The van der Waals surface area contributed by atoms with Crippen molar-refractivity contribution in [1.29, 1.82) is 0 Å². The number of hydrogen-bond acceptors (Lipinski definition) is 6. The Morgan fingerprint density at radius 3 is 2.89 bits per heavy atom. The van der Waals surface area contributed by atoms with Crippen molar-refractivity contribution in [1.82, 2.24) is 4.37 Å². The van der Waals surface area contributed by atoms with E-state index in [0.29, 0.717) is 23.7 Å². The fourth-order valence-corrected chi connectivity index (χ4v) is 4.52. The maximum absolute atomic E-state index is 12.5. The van der Waals surface area contributed by atoms with Crippen molar-refractivity contribution < 1.29 is 19.0 Å². The van der Waals surface area contributed by atoms with Crippen molar-refractivity contribution in [2.24, 2.45) is 0 Å². The standard InChI is InChI=1S/C20H16N2O4S/c1-24-14-7-12(8-15-19(14)26-10-25-15)13-9-16(23)21-18-17(22-27-20(13)18)11-5-3-2-4-6-11/h2-8,13H,9-10H2,1H3,(H,21,23)/t13-/m0/s1. The van der Waals surface area contributed by atoms with Gasteiger partial charge in [0.05, 0.1) is 17.7 Å². The van der Waals surface area contributed by atoms with Crippen LogP contribution in [0.25, 0.3) is 11.3 Å². The van der Waals surface area contributed by atoms with E-state index in [1.165, 1.54) is 11.5 Å². The Bertz CT molecular complexity index is 1030. The van der Waals surface area contributed by atoms with Crippen LogP contribution in [0.5, 0.6) is 17.2 Å².